The second-order valence-electron chi connectivity index (χ2n) is 9.55. The van der Waals surface area contributed by atoms with E-state index in [1.165, 1.54) is 6.33 Å². The number of aromatic nitrogens is 4. The first-order valence-electron chi connectivity index (χ1n) is 12.9. The fourth-order valence-corrected chi connectivity index (χ4v) is 4.68. The van der Waals surface area contributed by atoms with Crippen molar-refractivity contribution in [2.45, 2.75) is 20.0 Å². The van der Waals surface area contributed by atoms with Crippen LogP contribution in [0.2, 0.25) is 0 Å². The van der Waals surface area contributed by atoms with Crippen LogP contribution in [0.15, 0.2) is 42.7 Å². The highest BCUT2D eigenvalue weighted by Gasteiger charge is 2.31. The zero-order valence-electron chi connectivity index (χ0n) is 22.3. The third-order valence-corrected chi connectivity index (χ3v) is 6.75. The lowest BCUT2D eigenvalue weighted by atomic mass is 10.0. The van der Waals surface area contributed by atoms with Crippen molar-refractivity contribution in [1.82, 2.24) is 24.8 Å². The Labute approximate surface area is 232 Å². The molecule has 4 aromatic rings. The number of carbonyl (C=O) groups is 1. The van der Waals surface area contributed by atoms with Crippen LogP contribution in [0.5, 0.6) is 0 Å². The third kappa shape index (κ3) is 6.23. The molecule has 216 valence electrons. The number of hydrogen-bond acceptors (Lipinski definition) is 7. The van der Waals surface area contributed by atoms with Gasteiger partial charge in [0.25, 0.3) is 0 Å². The minimum atomic E-state index is -4.69. The number of nitrogens with one attached hydrogen (secondary N) is 3. The number of hydrogen-bond donors (Lipinski definition) is 3. The highest BCUT2D eigenvalue weighted by atomic mass is 19.4. The topological polar surface area (TPSA) is 109 Å². The average molecular weight is 573 g/mol. The summed E-state index contributed by atoms with van der Waals surface area (Å²) in [5.74, 6) is -1.00. The third-order valence-electron chi connectivity index (χ3n) is 6.75. The molecule has 3 N–H and O–H groups in total. The first-order valence-corrected chi connectivity index (χ1v) is 12.9. The molecule has 10 nitrogen and oxygen atoms in total. The van der Waals surface area contributed by atoms with Gasteiger partial charge in [0.1, 0.15) is 17.8 Å². The second-order valence-corrected chi connectivity index (χ2v) is 9.55. The van der Waals surface area contributed by atoms with E-state index in [2.05, 4.69) is 30.9 Å². The number of rotatable bonds is 7. The Balaban J connectivity index is 1.43. The van der Waals surface area contributed by atoms with Gasteiger partial charge in [-0.25, -0.2) is 19.2 Å². The van der Waals surface area contributed by atoms with Crippen LogP contribution in [0.25, 0.3) is 22.3 Å². The Kier molecular flexibility index (Phi) is 8.03. The first kappa shape index (κ1) is 28.2. The number of amides is 2. The molecule has 2 aromatic carbocycles. The lowest BCUT2D eigenvalue weighted by Gasteiger charge is -2.26. The van der Waals surface area contributed by atoms with E-state index in [9.17, 15) is 22.4 Å². The summed E-state index contributed by atoms with van der Waals surface area (Å²) in [4.78, 5) is 25.5. The monoisotopic (exact) mass is 572 g/mol. The van der Waals surface area contributed by atoms with Crippen molar-refractivity contribution in [1.29, 1.82) is 0 Å². The summed E-state index contributed by atoms with van der Waals surface area (Å²) in [5.41, 5.74) is 4.94. The van der Waals surface area contributed by atoms with Crippen molar-refractivity contribution in [3.05, 3.63) is 65.4 Å². The molecule has 2 amide bonds. The highest BCUT2D eigenvalue weighted by Crippen LogP contribution is 2.36. The van der Waals surface area contributed by atoms with Gasteiger partial charge in [-0.1, -0.05) is 12.1 Å². The van der Waals surface area contributed by atoms with Crippen LogP contribution in [0.4, 0.5) is 33.7 Å². The summed E-state index contributed by atoms with van der Waals surface area (Å²) < 4.78 is 59.0. The van der Waals surface area contributed by atoms with E-state index in [0.29, 0.717) is 71.6 Å². The minimum Gasteiger partial charge on any atom is -0.379 e. The van der Waals surface area contributed by atoms with Crippen LogP contribution < -0.4 is 16.1 Å². The lowest BCUT2D eigenvalue weighted by molar-refractivity contribution is -0.137. The molecule has 0 aliphatic carbocycles. The number of aryl methyl sites for hydroxylation is 2. The fourth-order valence-electron chi connectivity index (χ4n) is 4.68. The van der Waals surface area contributed by atoms with E-state index in [4.69, 9.17) is 9.84 Å². The van der Waals surface area contributed by atoms with Crippen molar-refractivity contribution in [2.24, 2.45) is 0 Å². The van der Waals surface area contributed by atoms with Crippen LogP contribution in [-0.2, 0) is 10.9 Å². The Morgan fingerprint density at radius 1 is 1.05 bits per heavy atom. The zero-order valence-corrected chi connectivity index (χ0v) is 22.3. The summed E-state index contributed by atoms with van der Waals surface area (Å²) >= 11 is 0. The number of urea groups is 1. The van der Waals surface area contributed by atoms with Gasteiger partial charge in [0.15, 0.2) is 5.65 Å². The van der Waals surface area contributed by atoms with Gasteiger partial charge < -0.3 is 20.8 Å². The molecule has 0 spiro atoms. The van der Waals surface area contributed by atoms with Crippen LogP contribution in [0, 0.1) is 19.7 Å². The molecule has 2 aromatic heterocycles. The number of carbonyl (C=O) groups excluding carboxylic acids is 1. The predicted octanol–water partition coefficient (Wildman–Crippen LogP) is 4.79. The molecule has 0 unspecified atom stereocenters. The largest absolute Gasteiger partial charge is 0.416 e. The van der Waals surface area contributed by atoms with Crippen LogP contribution in [0.1, 0.15) is 16.8 Å². The number of anilines is 2. The van der Waals surface area contributed by atoms with E-state index in [1.54, 1.807) is 16.9 Å². The normalized spacial score (nSPS) is 14.3. The van der Waals surface area contributed by atoms with E-state index in [0.717, 1.165) is 25.2 Å². The molecule has 1 aliphatic rings. The van der Waals surface area contributed by atoms with Gasteiger partial charge in [0.05, 0.1) is 41.2 Å². The second kappa shape index (κ2) is 11.7. The van der Waals surface area contributed by atoms with Gasteiger partial charge in [0, 0.05) is 31.7 Å². The van der Waals surface area contributed by atoms with E-state index >= 15 is 0 Å². The van der Waals surface area contributed by atoms with Crippen molar-refractivity contribution >= 4 is 28.4 Å². The summed E-state index contributed by atoms with van der Waals surface area (Å²) in [5, 5.41) is 10.2. The zero-order chi connectivity index (χ0) is 29.1. The molecule has 1 aliphatic heterocycles. The molecule has 1 fully saturated rings. The molecule has 1 saturated heterocycles. The van der Waals surface area contributed by atoms with Crippen LogP contribution >= 0.6 is 0 Å². The van der Waals surface area contributed by atoms with Gasteiger partial charge in [-0.05, 0) is 43.7 Å². The summed E-state index contributed by atoms with van der Waals surface area (Å²) in [6, 6.07) is 6.06. The minimum absolute atomic E-state index is 0.318. The van der Waals surface area contributed by atoms with Crippen molar-refractivity contribution in [3.63, 3.8) is 0 Å². The SMILES string of the molecule is Cc1cccc(NC(=O)Nc2cc(C(F)(F)F)ccc2F)c1-c1nn(NCCN2CCOCC2)c2ncnc(C)c12. The van der Waals surface area contributed by atoms with Crippen LogP contribution in [-0.4, -0.2) is 70.2 Å². The number of fused-ring (bicyclic) bond motifs is 1. The molecular weight excluding hydrogens is 544 g/mol. The molecule has 0 radical (unpaired) electrons. The maximum Gasteiger partial charge on any atom is 0.416 e. The molecular formula is C27H28F4N8O2. The smallest absolute Gasteiger partial charge is 0.379 e. The number of benzene rings is 2. The van der Waals surface area contributed by atoms with Crippen molar-refractivity contribution < 1.29 is 27.1 Å². The Morgan fingerprint density at radius 2 is 1.80 bits per heavy atom. The van der Waals surface area contributed by atoms with Gasteiger partial charge in [-0.2, -0.15) is 18.0 Å². The summed E-state index contributed by atoms with van der Waals surface area (Å²) in [6.07, 6.45) is -3.25. The van der Waals surface area contributed by atoms with Gasteiger partial charge >= 0.3 is 12.2 Å². The Bertz CT molecular complexity index is 1570. The predicted molar refractivity (Wildman–Crippen MR) is 146 cm³/mol. The van der Waals surface area contributed by atoms with Gasteiger partial charge in [-0.15, -0.1) is 5.10 Å². The maximum absolute atomic E-state index is 14.3. The number of alkyl halides is 3. The van der Waals surface area contributed by atoms with Gasteiger partial charge in [-0.3, -0.25) is 4.90 Å². The van der Waals surface area contributed by atoms with E-state index in [-0.39, 0.29) is 0 Å². The van der Waals surface area contributed by atoms with Crippen LogP contribution in [0.3, 0.4) is 0 Å². The number of nitrogens with zero attached hydrogens (tertiary/aromatic N) is 5. The molecule has 5 rings (SSSR count). The molecule has 0 atom stereocenters. The number of halogens is 4. The molecule has 3 heterocycles. The number of morpholine rings is 1. The standard InChI is InChI=1S/C27H28F4N8O2/c1-16-4-3-5-20(35-26(40)36-21-14-18(27(29,30)31)6-7-19(21)28)22(16)24-23-17(2)32-15-33-25(23)39(37-24)34-8-9-38-10-12-41-13-11-38/h3-7,14-15,34H,8-13H2,1-2H3,(H2,35,36,40). The highest BCUT2D eigenvalue weighted by molar-refractivity contribution is 6.05. The lowest BCUT2D eigenvalue weighted by Crippen LogP contribution is -2.40. The van der Waals surface area contributed by atoms with Crippen molar-refractivity contribution in [2.75, 3.05) is 55.5 Å². The first-order chi connectivity index (χ1) is 19.6. The maximum atomic E-state index is 14.3. The van der Waals surface area contributed by atoms with E-state index < -0.39 is 29.3 Å². The van der Waals surface area contributed by atoms with E-state index in [1.807, 2.05) is 19.9 Å². The average Bonchev–Trinajstić information content (AvgIpc) is 3.29. The fraction of sp³-hybridized carbons (Fsp3) is 0.333. The Morgan fingerprint density at radius 3 is 2.56 bits per heavy atom. The summed E-state index contributed by atoms with van der Waals surface area (Å²) in [6.45, 7) is 8.09. The summed E-state index contributed by atoms with van der Waals surface area (Å²) in [7, 11) is 0. The quantitative estimate of drug-likeness (QED) is 0.273. The molecule has 14 heteroatoms. The van der Waals surface area contributed by atoms with Crippen molar-refractivity contribution in [3.8, 4) is 11.3 Å². The number of ether oxygens (including phenoxy) is 1. The molecule has 0 bridgehead atoms. The van der Waals surface area contributed by atoms with Gasteiger partial charge in [0.2, 0.25) is 0 Å². The molecule has 41 heavy (non-hydrogen) atoms. The molecule has 0 saturated carbocycles. The Hall–Kier alpha value is -4.30.